The molecule has 0 aromatic carbocycles. The molecule has 0 atom stereocenters. The van der Waals surface area contributed by atoms with E-state index in [9.17, 15) is 0 Å². The maximum atomic E-state index is 5.01. The first-order chi connectivity index (χ1) is 6.09. The first-order valence-electron chi connectivity index (χ1n) is 4.40. The van der Waals surface area contributed by atoms with Gasteiger partial charge in [0.05, 0.1) is 0 Å². The molecule has 0 N–H and O–H groups in total. The minimum absolute atomic E-state index is 0.627. The second kappa shape index (κ2) is 8.77. The third-order valence-corrected chi connectivity index (χ3v) is 1.58. The van der Waals surface area contributed by atoms with Crippen molar-refractivity contribution in [2.45, 2.75) is 39.8 Å². The Balaban J connectivity index is 0. The van der Waals surface area contributed by atoms with E-state index in [4.69, 9.17) is 40.0 Å². The third-order valence-electron chi connectivity index (χ3n) is 1.58. The molecule has 0 saturated heterocycles. The van der Waals surface area contributed by atoms with Crippen molar-refractivity contribution in [3.8, 4) is 0 Å². The Bertz CT molecular complexity index is 122. The van der Waals surface area contributed by atoms with Crippen molar-refractivity contribution in [1.29, 1.82) is 0 Å². The fourth-order valence-electron chi connectivity index (χ4n) is 1.11. The van der Waals surface area contributed by atoms with Crippen LogP contribution in [0.1, 0.15) is 27.7 Å². The van der Waals surface area contributed by atoms with Gasteiger partial charge in [-0.2, -0.15) is 0 Å². The molecule has 0 rings (SSSR count). The van der Waals surface area contributed by atoms with Crippen molar-refractivity contribution in [3.05, 3.63) is 6.92 Å². The van der Waals surface area contributed by atoms with E-state index in [0.717, 1.165) is 6.54 Å². The van der Waals surface area contributed by atoms with E-state index in [-0.39, 0.29) is 0 Å². The molecule has 6 heteroatoms. The monoisotopic (exact) mass is 342 g/mol. The third kappa shape index (κ3) is 16.1. The zero-order valence-corrected chi connectivity index (χ0v) is 14.1. The van der Waals surface area contributed by atoms with Crippen LogP contribution >= 0.6 is 40.0 Å². The van der Waals surface area contributed by atoms with Crippen LogP contribution in [0.25, 0.3) is 0 Å². The second-order valence-electron chi connectivity index (χ2n) is 3.35. The van der Waals surface area contributed by atoms with Crippen molar-refractivity contribution >= 4 is 49.6 Å². The van der Waals surface area contributed by atoms with Gasteiger partial charge in [0.1, 0.15) is 0 Å². The molecule has 0 amide bonds. The number of nitrogens with zero attached hydrogens (tertiary/aromatic N) is 1. The molecular formula is C8H18Cl4GeN. The van der Waals surface area contributed by atoms with E-state index in [1.54, 1.807) is 0 Å². The zero-order chi connectivity index (χ0) is 11.9. The molecule has 0 spiro atoms. The molecule has 0 fully saturated rings. The molecule has 0 heterocycles. The second-order valence-corrected chi connectivity index (χ2v) is 23.0. The van der Waals surface area contributed by atoms with Gasteiger partial charge in [0.2, 0.25) is 0 Å². The van der Waals surface area contributed by atoms with Crippen LogP contribution in [-0.4, -0.2) is 33.1 Å². The van der Waals surface area contributed by atoms with Crippen molar-refractivity contribution in [2.75, 3.05) is 6.54 Å². The number of halogens is 4. The van der Waals surface area contributed by atoms with Gasteiger partial charge in [-0.15, -0.1) is 0 Å². The fraction of sp³-hybridized carbons (Fsp3) is 0.875. The van der Waals surface area contributed by atoms with Gasteiger partial charge >= 0.3 is 49.6 Å². The molecule has 87 valence electrons. The maximum absolute atomic E-state index is 5.01. The molecule has 0 aromatic heterocycles. The molecule has 0 aliphatic carbocycles. The van der Waals surface area contributed by atoms with Gasteiger partial charge < -0.3 is 0 Å². The van der Waals surface area contributed by atoms with Gasteiger partial charge in [-0.3, -0.25) is 4.90 Å². The predicted octanol–water partition coefficient (Wildman–Crippen LogP) is 4.32. The van der Waals surface area contributed by atoms with Crippen LogP contribution in [0.5, 0.6) is 0 Å². The van der Waals surface area contributed by atoms with Gasteiger partial charge in [0, 0.05) is 12.1 Å². The Morgan fingerprint density at radius 1 is 1.00 bits per heavy atom. The summed E-state index contributed by atoms with van der Waals surface area (Å²) in [5, 5.41) is 0. The normalized spacial score (nSPS) is 12.0. The molecule has 1 radical (unpaired) electrons. The fourth-order valence-corrected chi connectivity index (χ4v) is 1.11. The summed E-state index contributed by atoms with van der Waals surface area (Å²) >= 11 is 0. The zero-order valence-electron chi connectivity index (χ0n) is 9.03. The average molecular weight is 343 g/mol. The Hall–Kier alpha value is 1.66. The van der Waals surface area contributed by atoms with Gasteiger partial charge in [0.15, 0.2) is 0 Å². The van der Waals surface area contributed by atoms with Crippen LogP contribution in [0.4, 0.5) is 0 Å². The van der Waals surface area contributed by atoms with Crippen LogP contribution in [0.15, 0.2) is 0 Å². The van der Waals surface area contributed by atoms with Gasteiger partial charge in [0.25, 0.3) is 0 Å². The summed E-state index contributed by atoms with van der Waals surface area (Å²) < 4.78 is 0. The summed E-state index contributed by atoms with van der Waals surface area (Å²) in [4.78, 5) is 2.35. The molecule has 0 unspecified atom stereocenters. The Morgan fingerprint density at radius 3 is 1.21 bits per heavy atom. The topological polar surface area (TPSA) is 3.24 Å². The summed E-state index contributed by atoms with van der Waals surface area (Å²) in [5.74, 6) is 0. The Labute approximate surface area is 107 Å². The Kier molecular flexibility index (Phi) is 11.3. The molecule has 0 aliphatic heterocycles. The van der Waals surface area contributed by atoms with Crippen molar-refractivity contribution in [1.82, 2.24) is 4.90 Å². The first kappa shape index (κ1) is 18.0. The van der Waals surface area contributed by atoms with Gasteiger partial charge in [-0.25, -0.2) is 0 Å². The molecule has 0 aromatic rings. The number of hydrogen-bond donors (Lipinski definition) is 0. The Morgan fingerprint density at radius 2 is 1.21 bits per heavy atom. The van der Waals surface area contributed by atoms with Crippen LogP contribution < -0.4 is 0 Å². The van der Waals surface area contributed by atoms with E-state index < -0.39 is 9.55 Å². The standard InChI is InChI=1S/C8H18N.Cl4Ge/c1-6-9(7(2)3)8(4)5;1-5(2,3)4/h7-8H,1,6H2,2-5H3;. The van der Waals surface area contributed by atoms with Gasteiger partial charge in [-0.1, -0.05) is 0 Å². The summed E-state index contributed by atoms with van der Waals surface area (Å²) in [6.07, 6.45) is 0. The van der Waals surface area contributed by atoms with Crippen molar-refractivity contribution in [3.63, 3.8) is 0 Å². The van der Waals surface area contributed by atoms with Crippen molar-refractivity contribution in [2.24, 2.45) is 0 Å². The summed E-state index contributed by atoms with van der Waals surface area (Å²) in [7, 11) is 16.9. The molecule has 0 saturated carbocycles. The molecule has 0 bridgehead atoms. The summed E-state index contributed by atoms with van der Waals surface area (Å²) in [5.41, 5.74) is 0. The van der Waals surface area contributed by atoms with Crippen LogP contribution in [0.2, 0.25) is 0 Å². The van der Waals surface area contributed by atoms with E-state index >= 15 is 0 Å². The molecule has 1 nitrogen and oxygen atoms in total. The number of rotatable bonds is 3. The molecule has 14 heavy (non-hydrogen) atoms. The van der Waals surface area contributed by atoms with E-state index in [1.165, 1.54) is 0 Å². The first-order valence-corrected chi connectivity index (χ1v) is 15.4. The minimum atomic E-state index is -3.11. The van der Waals surface area contributed by atoms with E-state index in [1.807, 2.05) is 0 Å². The van der Waals surface area contributed by atoms with E-state index in [2.05, 4.69) is 39.5 Å². The van der Waals surface area contributed by atoms with Gasteiger partial charge in [-0.05, 0) is 41.2 Å². The SMILES string of the molecule is [CH2]CN(C(C)C)C(C)C.[Cl][Ge]([Cl])([Cl])[Cl]. The summed E-state index contributed by atoms with van der Waals surface area (Å²) in [6.45, 7) is 13.6. The van der Waals surface area contributed by atoms with Crippen LogP contribution in [0, 0.1) is 6.92 Å². The summed E-state index contributed by atoms with van der Waals surface area (Å²) in [6, 6.07) is 1.25. The van der Waals surface area contributed by atoms with Crippen LogP contribution in [-0.2, 0) is 0 Å². The van der Waals surface area contributed by atoms with Crippen molar-refractivity contribution < 1.29 is 0 Å². The number of hydrogen-bond acceptors (Lipinski definition) is 1. The molecule has 0 aliphatic rings. The predicted molar refractivity (Wildman–Crippen MR) is 71.5 cm³/mol. The van der Waals surface area contributed by atoms with E-state index in [0.29, 0.717) is 12.1 Å². The van der Waals surface area contributed by atoms with Crippen LogP contribution in [0.3, 0.4) is 0 Å². The quantitative estimate of drug-likeness (QED) is 0.691. The molecular weight excluding hydrogens is 325 g/mol. The average Bonchev–Trinajstić information content (AvgIpc) is 1.81.